The van der Waals surface area contributed by atoms with E-state index in [1.165, 1.54) is 12.5 Å². The molecule has 19 heavy (non-hydrogen) atoms. The van der Waals surface area contributed by atoms with Gasteiger partial charge in [-0.15, -0.1) is 0 Å². The molecular weight excluding hydrogens is 266 g/mol. The fraction of sp³-hybridized carbons (Fsp3) is 0.182. The largest absolute Gasteiger partial charge is 0.389 e. The number of rotatable bonds is 5. The summed E-state index contributed by atoms with van der Waals surface area (Å²) in [4.78, 5) is 19.8. The Bertz CT molecular complexity index is 567. The van der Waals surface area contributed by atoms with Crippen LogP contribution in [0.2, 0.25) is 0 Å². The van der Waals surface area contributed by atoms with E-state index in [1.54, 1.807) is 12.1 Å². The standard InChI is InChI=1S/C11H11N5O2S/c12-10(19)7-1-2-8(14-5-7)11(17)13-4-3-9-15-6-16-18-9/h1-2,5-6H,3-4H2,(H2,12,19)(H,13,17). The topological polar surface area (TPSA) is 107 Å². The van der Waals surface area contributed by atoms with Crippen LogP contribution in [0.5, 0.6) is 0 Å². The van der Waals surface area contributed by atoms with Crippen molar-refractivity contribution in [1.29, 1.82) is 0 Å². The van der Waals surface area contributed by atoms with E-state index in [1.807, 2.05) is 0 Å². The zero-order chi connectivity index (χ0) is 13.7. The molecule has 2 aromatic heterocycles. The third-order valence-electron chi connectivity index (χ3n) is 2.31. The lowest BCUT2D eigenvalue weighted by Crippen LogP contribution is -2.26. The summed E-state index contributed by atoms with van der Waals surface area (Å²) in [6.45, 7) is 0.389. The number of aromatic nitrogens is 3. The predicted octanol–water partition coefficient (Wildman–Crippen LogP) is 0.0713. The van der Waals surface area contributed by atoms with Gasteiger partial charge >= 0.3 is 0 Å². The molecule has 0 aromatic carbocycles. The summed E-state index contributed by atoms with van der Waals surface area (Å²) < 4.78 is 4.81. The number of hydrogen-bond acceptors (Lipinski definition) is 6. The minimum Gasteiger partial charge on any atom is -0.389 e. The minimum atomic E-state index is -0.283. The molecule has 0 bridgehead atoms. The maximum absolute atomic E-state index is 11.7. The second-order valence-electron chi connectivity index (χ2n) is 3.64. The molecule has 0 atom stereocenters. The van der Waals surface area contributed by atoms with Gasteiger partial charge in [0.25, 0.3) is 5.91 Å². The highest BCUT2D eigenvalue weighted by atomic mass is 32.1. The van der Waals surface area contributed by atoms with Crippen LogP contribution in [0.1, 0.15) is 21.9 Å². The highest BCUT2D eigenvalue weighted by Crippen LogP contribution is 2.00. The van der Waals surface area contributed by atoms with Gasteiger partial charge in [0, 0.05) is 24.7 Å². The fourth-order valence-corrected chi connectivity index (χ4v) is 1.47. The van der Waals surface area contributed by atoms with E-state index in [0.29, 0.717) is 30.1 Å². The molecule has 0 saturated heterocycles. The predicted molar refractivity (Wildman–Crippen MR) is 70.5 cm³/mol. The molecular formula is C11H11N5O2S. The summed E-state index contributed by atoms with van der Waals surface area (Å²) in [6, 6.07) is 3.22. The number of thiocarbonyl (C=S) groups is 1. The summed E-state index contributed by atoms with van der Waals surface area (Å²) in [5.41, 5.74) is 6.36. The van der Waals surface area contributed by atoms with Gasteiger partial charge in [0.2, 0.25) is 5.89 Å². The van der Waals surface area contributed by atoms with Crippen LogP contribution in [0.15, 0.2) is 29.2 Å². The molecule has 0 aliphatic carbocycles. The van der Waals surface area contributed by atoms with Crippen LogP contribution < -0.4 is 11.1 Å². The monoisotopic (exact) mass is 277 g/mol. The molecule has 98 valence electrons. The van der Waals surface area contributed by atoms with Crippen molar-refractivity contribution in [3.05, 3.63) is 41.8 Å². The molecule has 0 spiro atoms. The number of pyridine rings is 1. The van der Waals surface area contributed by atoms with Crippen LogP contribution in [0.4, 0.5) is 0 Å². The molecule has 0 unspecified atom stereocenters. The van der Waals surface area contributed by atoms with Crippen molar-refractivity contribution in [2.24, 2.45) is 5.73 Å². The van der Waals surface area contributed by atoms with Crippen molar-refractivity contribution in [2.45, 2.75) is 6.42 Å². The SMILES string of the molecule is NC(=S)c1ccc(C(=O)NCCc2ncno2)nc1. The zero-order valence-electron chi connectivity index (χ0n) is 9.87. The van der Waals surface area contributed by atoms with Gasteiger partial charge in [-0.1, -0.05) is 17.4 Å². The molecule has 2 heterocycles. The number of amides is 1. The Hall–Kier alpha value is -2.35. The van der Waals surface area contributed by atoms with E-state index in [0.717, 1.165) is 0 Å². The molecule has 0 radical (unpaired) electrons. The molecule has 2 aromatic rings. The first-order chi connectivity index (χ1) is 9.16. The highest BCUT2D eigenvalue weighted by Gasteiger charge is 2.08. The molecule has 0 aliphatic rings. The second kappa shape index (κ2) is 6.01. The molecule has 2 rings (SSSR count). The minimum absolute atomic E-state index is 0.246. The lowest BCUT2D eigenvalue weighted by Gasteiger charge is -2.03. The van der Waals surface area contributed by atoms with Gasteiger partial charge in [-0.2, -0.15) is 4.98 Å². The highest BCUT2D eigenvalue weighted by molar-refractivity contribution is 7.80. The van der Waals surface area contributed by atoms with E-state index in [9.17, 15) is 4.79 Å². The Labute approximate surface area is 114 Å². The number of nitrogens with two attached hydrogens (primary N) is 1. The van der Waals surface area contributed by atoms with Crippen molar-refractivity contribution in [1.82, 2.24) is 20.4 Å². The van der Waals surface area contributed by atoms with Crippen LogP contribution in [0.3, 0.4) is 0 Å². The smallest absolute Gasteiger partial charge is 0.269 e. The van der Waals surface area contributed by atoms with Crippen LogP contribution >= 0.6 is 12.2 Å². The fourth-order valence-electron chi connectivity index (χ4n) is 1.35. The summed E-state index contributed by atoms with van der Waals surface area (Å²) >= 11 is 4.80. The molecule has 0 fully saturated rings. The van der Waals surface area contributed by atoms with E-state index in [-0.39, 0.29) is 10.9 Å². The number of carbonyl (C=O) groups excluding carboxylic acids is 1. The summed E-state index contributed by atoms with van der Waals surface area (Å²) in [5, 5.41) is 6.16. The Morgan fingerprint density at radius 1 is 1.42 bits per heavy atom. The van der Waals surface area contributed by atoms with Crippen molar-refractivity contribution < 1.29 is 9.32 Å². The van der Waals surface area contributed by atoms with Crippen LogP contribution in [-0.2, 0) is 6.42 Å². The summed E-state index contributed by atoms with van der Waals surface area (Å²) in [5.74, 6) is 0.186. The maximum atomic E-state index is 11.7. The molecule has 1 amide bonds. The number of nitrogens with zero attached hydrogens (tertiary/aromatic N) is 3. The number of carbonyl (C=O) groups is 1. The summed E-state index contributed by atoms with van der Waals surface area (Å²) in [7, 11) is 0. The Kier molecular flexibility index (Phi) is 4.14. The van der Waals surface area contributed by atoms with Crippen LogP contribution in [0.25, 0.3) is 0 Å². The van der Waals surface area contributed by atoms with Gasteiger partial charge in [-0.3, -0.25) is 9.78 Å². The number of hydrogen-bond donors (Lipinski definition) is 2. The maximum Gasteiger partial charge on any atom is 0.269 e. The molecule has 7 nitrogen and oxygen atoms in total. The van der Waals surface area contributed by atoms with Gasteiger partial charge in [-0.25, -0.2) is 0 Å². The molecule has 8 heteroatoms. The number of nitrogens with one attached hydrogen (secondary N) is 1. The molecule has 0 saturated carbocycles. The quantitative estimate of drug-likeness (QED) is 0.745. The first-order valence-corrected chi connectivity index (χ1v) is 5.87. The Morgan fingerprint density at radius 3 is 2.84 bits per heavy atom. The van der Waals surface area contributed by atoms with Gasteiger partial charge < -0.3 is 15.6 Å². The second-order valence-corrected chi connectivity index (χ2v) is 4.08. The van der Waals surface area contributed by atoms with Crippen molar-refractivity contribution >= 4 is 23.1 Å². The van der Waals surface area contributed by atoms with E-state index in [2.05, 4.69) is 20.4 Å². The molecule has 0 aliphatic heterocycles. The van der Waals surface area contributed by atoms with Gasteiger partial charge in [0.1, 0.15) is 10.7 Å². The summed E-state index contributed by atoms with van der Waals surface area (Å²) in [6.07, 6.45) is 3.25. The third kappa shape index (κ3) is 3.55. The van der Waals surface area contributed by atoms with Gasteiger partial charge in [0.05, 0.1) is 0 Å². The molecule has 3 N–H and O–H groups in total. The van der Waals surface area contributed by atoms with Crippen LogP contribution in [-0.4, -0.2) is 32.6 Å². The average Bonchev–Trinajstić information content (AvgIpc) is 2.92. The van der Waals surface area contributed by atoms with E-state index >= 15 is 0 Å². The first-order valence-electron chi connectivity index (χ1n) is 5.46. The first kappa shape index (κ1) is 13.1. The normalized spacial score (nSPS) is 10.1. The van der Waals surface area contributed by atoms with Crippen LogP contribution in [0, 0.1) is 0 Å². The van der Waals surface area contributed by atoms with Crippen molar-refractivity contribution in [3.8, 4) is 0 Å². The Morgan fingerprint density at radius 2 is 2.26 bits per heavy atom. The van der Waals surface area contributed by atoms with Crippen molar-refractivity contribution in [2.75, 3.05) is 6.54 Å². The zero-order valence-corrected chi connectivity index (χ0v) is 10.7. The van der Waals surface area contributed by atoms with E-state index in [4.69, 9.17) is 22.5 Å². The lowest BCUT2D eigenvalue weighted by molar-refractivity contribution is 0.0948. The third-order valence-corrected chi connectivity index (χ3v) is 2.55. The van der Waals surface area contributed by atoms with Gasteiger partial charge in [-0.05, 0) is 12.1 Å². The van der Waals surface area contributed by atoms with Crippen molar-refractivity contribution in [3.63, 3.8) is 0 Å². The van der Waals surface area contributed by atoms with E-state index < -0.39 is 0 Å². The Balaban J connectivity index is 1.87. The average molecular weight is 277 g/mol. The van der Waals surface area contributed by atoms with Gasteiger partial charge in [0.15, 0.2) is 6.33 Å². The lowest BCUT2D eigenvalue weighted by atomic mass is 10.2.